The predicted octanol–water partition coefficient (Wildman–Crippen LogP) is 4.48. The van der Waals surface area contributed by atoms with Gasteiger partial charge in [0.2, 0.25) is 0 Å². The fourth-order valence-corrected chi connectivity index (χ4v) is 2.29. The van der Waals surface area contributed by atoms with Crippen LogP contribution in [-0.2, 0) is 6.18 Å². The quantitative estimate of drug-likeness (QED) is 0.666. The van der Waals surface area contributed by atoms with Crippen LogP contribution in [0.2, 0.25) is 0 Å². The maximum atomic E-state index is 13.0. The molecule has 1 aliphatic rings. The third-order valence-electron chi connectivity index (χ3n) is 2.39. The smallest absolute Gasteiger partial charge is 0.207 e. The van der Waals surface area contributed by atoms with Crippen LogP contribution >= 0.6 is 15.9 Å². The summed E-state index contributed by atoms with van der Waals surface area (Å²) in [4.78, 5) is 0. The topological polar surface area (TPSA) is 0 Å². The molecule has 0 nitrogen and oxygen atoms in total. The Balaban J connectivity index is 2.54. The van der Waals surface area contributed by atoms with E-state index < -0.39 is 17.6 Å². The summed E-state index contributed by atoms with van der Waals surface area (Å²) in [7, 11) is 0. The van der Waals surface area contributed by atoms with E-state index in [1.165, 1.54) is 6.07 Å². The van der Waals surface area contributed by atoms with E-state index in [1.807, 2.05) is 0 Å². The summed E-state index contributed by atoms with van der Waals surface area (Å²) in [6.07, 6.45) is -2.84. The Bertz CT molecular complexity index is 393. The molecule has 1 aromatic carbocycles. The van der Waals surface area contributed by atoms with Crippen molar-refractivity contribution in [2.24, 2.45) is 0 Å². The maximum absolute atomic E-state index is 13.0. The molecular formula is C10H7BrF4. The third-order valence-corrected chi connectivity index (χ3v) is 3.27. The second-order valence-corrected chi connectivity index (χ2v) is 4.42. The van der Waals surface area contributed by atoms with Gasteiger partial charge in [-0.1, -0.05) is 0 Å². The molecular weight excluding hydrogens is 276 g/mol. The second kappa shape index (κ2) is 3.47. The van der Waals surface area contributed by atoms with Crippen LogP contribution in [0.1, 0.15) is 29.9 Å². The first-order chi connectivity index (χ1) is 6.89. The summed E-state index contributed by atoms with van der Waals surface area (Å²) in [5, 5.41) is 0. The number of halogens is 5. The van der Waals surface area contributed by atoms with Gasteiger partial charge in [-0.05, 0) is 52.4 Å². The lowest BCUT2D eigenvalue weighted by atomic mass is 10.1. The van der Waals surface area contributed by atoms with Gasteiger partial charge >= 0.3 is 6.18 Å². The van der Waals surface area contributed by atoms with Gasteiger partial charge in [-0.15, -0.1) is 0 Å². The van der Waals surface area contributed by atoms with E-state index in [4.69, 9.17) is 0 Å². The molecule has 2 rings (SSSR count). The maximum Gasteiger partial charge on any atom is 0.417 e. The molecule has 0 aromatic heterocycles. The number of hydrogen-bond acceptors (Lipinski definition) is 0. The minimum atomic E-state index is -4.51. The van der Waals surface area contributed by atoms with Crippen molar-refractivity contribution in [3.63, 3.8) is 0 Å². The van der Waals surface area contributed by atoms with Crippen LogP contribution in [0.25, 0.3) is 0 Å². The van der Waals surface area contributed by atoms with Gasteiger partial charge in [0.25, 0.3) is 0 Å². The first-order valence-corrected chi connectivity index (χ1v) is 5.25. The van der Waals surface area contributed by atoms with Crippen LogP contribution in [0.3, 0.4) is 0 Å². The summed E-state index contributed by atoms with van der Waals surface area (Å²) in [5.74, 6) is -0.747. The minimum Gasteiger partial charge on any atom is -0.207 e. The molecule has 0 aliphatic heterocycles. The zero-order valence-corrected chi connectivity index (χ0v) is 9.12. The molecule has 0 unspecified atom stereocenters. The molecule has 1 aromatic rings. The van der Waals surface area contributed by atoms with Crippen LogP contribution in [-0.4, -0.2) is 0 Å². The molecule has 0 radical (unpaired) electrons. The van der Waals surface area contributed by atoms with Crippen LogP contribution in [0, 0.1) is 5.82 Å². The summed E-state index contributed by atoms with van der Waals surface area (Å²) in [5.41, 5.74) is -0.494. The Morgan fingerprint density at radius 1 is 1.20 bits per heavy atom. The lowest BCUT2D eigenvalue weighted by molar-refractivity contribution is -0.138. The van der Waals surface area contributed by atoms with Gasteiger partial charge in [0, 0.05) is 4.47 Å². The van der Waals surface area contributed by atoms with Crippen LogP contribution in [0.4, 0.5) is 17.6 Å². The number of benzene rings is 1. The average molecular weight is 283 g/mol. The lowest BCUT2D eigenvalue weighted by Gasteiger charge is -2.12. The fraction of sp³-hybridized carbons (Fsp3) is 0.400. The van der Waals surface area contributed by atoms with E-state index in [1.54, 1.807) is 0 Å². The summed E-state index contributed by atoms with van der Waals surface area (Å²) in [6, 6.07) is 1.70. The molecule has 1 aliphatic carbocycles. The van der Waals surface area contributed by atoms with E-state index >= 15 is 0 Å². The van der Waals surface area contributed by atoms with Crippen molar-refractivity contribution in [3.8, 4) is 0 Å². The van der Waals surface area contributed by atoms with Gasteiger partial charge in [-0.2, -0.15) is 13.2 Å². The molecule has 0 heterocycles. The van der Waals surface area contributed by atoms with E-state index in [2.05, 4.69) is 15.9 Å². The van der Waals surface area contributed by atoms with Crippen LogP contribution < -0.4 is 0 Å². The number of rotatable bonds is 1. The van der Waals surface area contributed by atoms with E-state index in [0.29, 0.717) is 11.6 Å². The van der Waals surface area contributed by atoms with Crippen molar-refractivity contribution in [2.75, 3.05) is 0 Å². The highest BCUT2D eigenvalue weighted by Gasteiger charge is 2.37. The highest BCUT2D eigenvalue weighted by atomic mass is 79.9. The van der Waals surface area contributed by atoms with Gasteiger partial charge in [-0.3, -0.25) is 0 Å². The van der Waals surface area contributed by atoms with Crippen molar-refractivity contribution in [3.05, 3.63) is 33.5 Å². The monoisotopic (exact) mass is 282 g/mol. The van der Waals surface area contributed by atoms with Crippen LogP contribution in [0.15, 0.2) is 16.6 Å². The van der Waals surface area contributed by atoms with Crippen molar-refractivity contribution in [2.45, 2.75) is 24.9 Å². The standard InChI is InChI=1S/C10H7BrF4/c11-9-7(5-1-2-5)3-6(12)4-8(9)10(13,14)15/h3-5H,1-2H2. The first-order valence-electron chi connectivity index (χ1n) is 4.45. The average Bonchev–Trinajstić information content (AvgIpc) is 2.89. The van der Waals surface area contributed by atoms with Crippen molar-refractivity contribution >= 4 is 15.9 Å². The predicted molar refractivity (Wildman–Crippen MR) is 51.1 cm³/mol. The Labute approximate surface area is 92.4 Å². The number of alkyl halides is 3. The molecule has 0 bridgehead atoms. The Morgan fingerprint density at radius 2 is 1.80 bits per heavy atom. The number of hydrogen-bond donors (Lipinski definition) is 0. The van der Waals surface area contributed by atoms with Gasteiger partial charge in [0.15, 0.2) is 0 Å². The SMILES string of the molecule is Fc1cc(C2CC2)c(Br)c(C(F)(F)F)c1. The fourth-order valence-electron chi connectivity index (χ4n) is 1.51. The first kappa shape index (κ1) is 10.9. The van der Waals surface area contributed by atoms with E-state index in [-0.39, 0.29) is 10.4 Å². The Hall–Kier alpha value is -0.580. The molecule has 0 atom stereocenters. The van der Waals surface area contributed by atoms with Gasteiger partial charge in [0.1, 0.15) is 5.82 Å². The summed E-state index contributed by atoms with van der Waals surface area (Å²) < 4.78 is 50.5. The Kier molecular flexibility index (Phi) is 2.53. The van der Waals surface area contributed by atoms with Gasteiger partial charge in [-0.25, -0.2) is 4.39 Å². The second-order valence-electron chi connectivity index (χ2n) is 3.63. The summed E-state index contributed by atoms with van der Waals surface area (Å²) >= 11 is 2.91. The van der Waals surface area contributed by atoms with Crippen molar-refractivity contribution < 1.29 is 17.6 Å². The molecule has 0 amide bonds. The largest absolute Gasteiger partial charge is 0.417 e. The van der Waals surface area contributed by atoms with Crippen molar-refractivity contribution in [1.82, 2.24) is 0 Å². The zero-order valence-electron chi connectivity index (χ0n) is 7.54. The normalized spacial score (nSPS) is 16.9. The molecule has 0 saturated heterocycles. The highest BCUT2D eigenvalue weighted by Crippen LogP contribution is 2.47. The van der Waals surface area contributed by atoms with Crippen molar-refractivity contribution in [1.29, 1.82) is 0 Å². The molecule has 5 heteroatoms. The summed E-state index contributed by atoms with van der Waals surface area (Å²) in [6.45, 7) is 0. The zero-order chi connectivity index (χ0) is 11.2. The van der Waals surface area contributed by atoms with E-state index in [0.717, 1.165) is 12.8 Å². The van der Waals surface area contributed by atoms with Gasteiger partial charge < -0.3 is 0 Å². The molecule has 0 N–H and O–H groups in total. The minimum absolute atomic E-state index is 0.0149. The molecule has 1 fully saturated rings. The molecule has 15 heavy (non-hydrogen) atoms. The molecule has 0 spiro atoms. The molecule has 1 saturated carbocycles. The third kappa shape index (κ3) is 2.17. The van der Waals surface area contributed by atoms with Crippen LogP contribution in [0.5, 0.6) is 0 Å². The molecule has 82 valence electrons. The van der Waals surface area contributed by atoms with E-state index in [9.17, 15) is 17.6 Å². The van der Waals surface area contributed by atoms with Gasteiger partial charge in [0.05, 0.1) is 5.56 Å². The highest BCUT2D eigenvalue weighted by molar-refractivity contribution is 9.10. The Morgan fingerprint density at radius 3 is 2.27 bits per heavy atom. The lowest BCUT2D eigenvalue weighted by Crippen LogP contribution is -2.08.